The molecule has 0 fully saturated rings. The summed E-state index contributed by atoms with van der Waals surface area (Å²) in [6, 6.07) is 23.0. The summed E-state index contributed by atoms with van der Waals surface area (Å²) < 4.78 is 1.47. The third-order valence-electron chi connectivity index (χ3n) is 3.41. The Morgan fingerprint density at radius 3 is 1.18 bits per heavy atom. The van der Waals surface area contributed by atoms with Gasteiger partial charge in [0, 0.05) is 73.0 Å². The van der Waals surface area contributed by atoms with Gasteiger partial charge in [0.2, 0.25) is 6.20 Å². The molecule has 34 heavy (non-hydrogen) atoms. The van der Waals surface area contributed by atoms with Gasteiger partial charge in [-0.15, -0.1) is 0 Å². The second-order valence-corrected chi connectivity index (χ2v) is 6.33. The van der Waals surface area contributed by atoms with Crippen LogP contribution >= 0.6 is 11.6 Å². The van der Waals surface area contributed by atoms with E-state index in [0.29, 0.717) is 5.15 Å². The molecule has 190 valence electrons. The van der Waals surface area contributed by atoms with Crippen molar-refractivity contribution in [2.45, 2.75) is 35.6 Å². The molecule has 0 saturated carbocycles. The van der Waals surface area contributed by atoms with Crippen LogP contribution in [0.5, 0.6) is 0 Å². The predicted octanol–water partition coefficient (Wildman–Crippen LogP) is 6.58. The number of nitrogens with zero attached hydrogens (tertiary/aromatic N) is 4. The number of pyridine rings is 4. The Balaban J connectivity index is -0.000000171. The zero-order valence-corrected chi connectivity index (χ0v) is 21.4. The minimum Gasteiger partial charge on any atom is -0.358 e. The molecule has 7 heteroatoms. The van der Waals surface area contributed by atoms with Crippen molar-refractivity contribution in [2.24, 2.45) is 0 Å². The Morgan fingerprint density at radius 2 is 1.00 bits per heavy atom. The molecule has 0 unspecified atom stereocenters. The van der Waals surface area contributed by atoms with Crippen LogP contribution in [0.15, 0.2) is 97.6 Å². The van der Waals surface area contributed by atoms with Crippen LogP contribution < -0.4 is 9.57 Å². The van der Waals surface area contributed by atoms with E-state index in [1.807, 2.05) is 87.5 Å². The zero-order chi connectivity index (χ0) is 22.0. The summed E-state index contributed by atoms with van der Waals surface area (Å²) in [6.45, 7) is 5.92. The molecule has 4 heterocycles. The van der Waals surface area contributed by atoms with Gasteiger partial charge in [0.25, 0.3) is 0 Å². The third-order valence-corrected chi connectivity index (χ3v) is 3.70. The summed E-state index contributed by atoms with van der Waals surface area (Å²) in [6.07, 6.45) is 7.10. The summed E-state index contributed by atoms with van der Waals surface area (Å²) in [7, 11) is 1.56. The molecule has 0 radical (unpaired) electrons. The van der Waals surface area contributed by atoms with Crippen molar-refractivity contribution in [1.29, 1.82) is 0 Å². The molecule has 0 bridgehead atoms. The van der Waals surface area contributed by atoms with E-state index >= 15 is 0 Å². The predicted molar refractivity (Wildman–Crippen MR) is 141 cm³/mol. The zero-order valence-electron chi connectivity index (χ0n) is 19.1. The van der Waals surface area contributed by atoms with E-state index in [-0.39, 0.29) is 42.7 Å². The van der Waals surface area contributed by atoms with E-state index in [9.17, 15) is 0 Å². The summed E-state index contributed by atoms with van der Waals surface area (Å²) >= 11 is 5.66. The molecule has 0 atom stereocenters. The molecule has 4 aromatic heterocycles. The number of halogens is 1. The minimum absolute atomic E-state index is 0. The second-order valence-electron chi connectivity index (χ2n) is 5.95. The molecule has 0 aromatic carbocycles. The van der Waals surface area contributed by atoms with Crippen LogP contribution in [0.25, 0.3) is 0 Å². The number of aromatic nitrogens is 4. The van der Waals surface area contributed by atoms with Crippen molar-refractivity contribution < 1.29 is 30.0 Å². The Kier molecular flexibility index (Phi) is 28.4. The third kappa shape index (κ3) is 20.0. The average Bonchev–Trinajstić information content (AvgIpc) is 2.77. The van der Waals surface area contributed by atoms with Crippen LogP contribution in [-0.4, -0.2) is 22.1 Å². The maximum atomic E-state index is 5.66. The van der Waals surface area contributed by atoms with Gasteiger partial charge in [-0.2, -0.15) is 0 Å². The first-order chi connectivity index (χ1) is 14.5. The Morgan fingerprint density at radius 1 is 0.647 bits per heavy atom. The van der Waals surface area contributed by atoms with Gasteiger partial charge in [-0.1, -0.05) is 33.1 Å². The Hall–Kier alpha value is -2.65. The molecular weight excluding hydrogens is 538 g/mol. The fourth-order valence-electron chi connectivity index (χ4n) is 1.90. The van der Waals surface area contributed by atoms with E-state index in [4.69, 9.17) is 16.4 Å². The first-order valence-electron chi connectivity index (χ1n) is 9.36. The molecular formula is C27H39ClN4OPd. The molecule has 0 N–H and O–H groups in total. The molecule has 5 nitrogen and oxygen atoms in total. The van der Waals surface area contributed by atoms with Crippen molar-refractivity contribution in [3.8, 4) is 0 Å². The van der Waals surface area contributed by atoms with Crippen LogP contribution in [0.1, 0.15) is 31.9 Å². The molecule has 4 rings (SSSR count). The normalized spacial score (nSPS) is 7.79. The van der Waals surface area contributed by atoms with Crippen LogP contribution in [0.2, 0.25) is 5.15 Å². The Labute approximate surface area is 225 Å². The molecule has 0 aliphatic heterocycles. The number of aryl methyl sites for hydroxylation is 3. The van der Waals surface area contributed by atoms with E-state index in [0.717, 1.165) is 17.1 Å². The standard InChI is InChI=1S/C6H7ClNO.3C6H7N.2CH4.CH3.Pd/c1-9-8-5-3-2-4-6(8)7;3*1-6-4-2-3-5-7-6;;;;/h2-5H,1H3;3*2-5H,1H3;2*1H4;1H3;/q+1;;;;;;-1;. The first-order valence-corrected chi connectivity index (χ1v) is 9.74. The monoisotopic (exact) mass is 576 g/mol. The van der Waals surface area contributed by atoms with Gasteiger partial charge >= 0.3 is 5.15 Å². The van der Waals surface area contributed by atoms with Gasteiger partial charge in [0.1, 0.15) is 7.11 Å². The van der Waals surface area contributed by atoms with Crippen molar-refractivity contribution in [2.75, 3.05) is 7.11 Å². The summed E-state index contributed by atoms with van der Waals surface area (Å²) in [5.41, 5.74) is 3.22. The molecule has 0 aliphatic rings. The fraction of sp³-hybridized carbons (Fsp3) is 0.222. The van der Waals surface area contributed by atoms with Crippen LogP contribution in [-0.2, 0) is 20.4 Å². The maximum Gasteiger partial charge on any atom is 0.325 e. The van der Waals surface area contributed by atoms with Crippen LogP contribution in [0, 0.1) is 28.2 Å². The van der Waals surface area contributed by atoms with Gasteiger partial charge < -0.3 is 7.43 Å². The molecule has 0 saturated heterocycles. The first kappa shape index (κ1) is 38.6. The van der Waals surface area contributed by atoms with Gasteiger partial charge in [-0.05, 0) is 74.8 Å². The fourth-order valence-corrected chi connectivity index (χ4v) is 2.10. The van der Waals surface area contributed by atoms with Crippen LogP contribution in [0.3, 0.4) is 0 Å². The maximum absolute atomic E-state index is 5.66. The van der Waals surface area contributed by atoms with Crippen LogP contribution in [0.4, 0.5) is 0 Å². The number of hydrogen-bond donors (Lipinski definition) is 0. The van der Waals surface area contributed by atoms with Gasteiger partial charge in [-0.25, -0.2) is 0 Å². The molecule has 0 aliphatic carbocycles. The van der Waals surface area contributed by atoms with E-state index < -0.39 is 0 Å². The van der Waals surface area contributed by atoms with Crippen molar-refractivity contribution >= 4 is 11.6 Å². The number of rotatable bonds is 1. The average molecular weight is 578 g/mol. The van der Waals surface area contributed by atoms with Crippen molar-refractivity contribution in [3.05, 3.63) is 127 Å². The van der Waals surface area contributed by atoms with Gasteiger partial charge in [-0.3, -0.25) is 19.8 Å². The topological polar surface area (TPSA) is 51.8 Å². The smallest absolute Gasteiger partial charge is 0.325 e. The summed E-state index contributed by atoms with van der Waals surface area (Å²) in [5.74, 6) is 0. The van der Waals surface area contributed by atoms with Gasteiger partial charge in [0.15, 0.2) is 0 Å². The Bertz CT molecular complexity index is 841. The largest absolute Gasteiger partial charge is 0.358 e. The SMILES string of the molecule is C.C.CO[n+]1ccccc1Cl.Cc1ccccn1.Cc1ccccn1.Cc1ccccn1.[CH3-].[Pd]. The van der Waals surface area contributed by atoms with Crippen molar-refractivity contribution in [3.63, 3.8) is 0 Å². The van der Waals surface area contributed by atoms with E-state index in [1.165, 1.54) is 4.73 Å². The molecule has 0 spiro atoms. The minimum atomic E-state index is 0. The molecule has 4 aromatic rings. The van der Waals surface area contributed by atoms with Gasteiger partial charge in [0.05, 0.1) is 0 Å². The summed E-state index contributed by atoms with van der Waals surface area (Å²) in [4.78, 5) is 16.8. The van der Waals surface area contributed by atoms with E-state index in [1.54, 1.807) is 38.0 Å². The van der Waals surface area contributed by atoms with E-state index in [2.05, 4.69) is 15.0 Å². The quantitative estimate of drug-likeness (QED) is 0.111. The summed E-state index contributed by atoms with van der Waals surface area (Å²) in [5, 5.41) is 0.569. The van der Waals surface area contributed by atoms with Crippen molar-refractivity contribution in [1.82, 2.24) is 15.0 Å². The number of hydrogen-bond acceptors (Lipinski definition) is 4. The molecule has 0 amide bonds. The second kappa shape index (κ2) is 25.0.